The van der Waals surface area contributed by atoms with Crippen molar-refractivity contribution in [2.24, 2.45) is 0 Å². The number of rotatable bonds is 7. The molecule has 1 N–H and O–H groups in total. The predicted molar refractivity (Wildman–Crippen MR) is 56.1 cm³/mol. The Morgan fingerprint density at radius 1 is 1.42 bits per heavy atom. The van der Waals surface area contributed by atoms with Crippen LogP contribution >= 0.6 is 0 Å². The smallest absolute Gasteiger partial charge is 0.0255 e. The molecule has 0 rings (SSSR count). The maximum absolute atomic E-state index is 3.72. The van der Waals surface area contributed by atoms with E-state index in [2.05, 4.69) is 38.0 Å². The molecule has 12 heavy (non-hydrogen) atoms. The van der Waals surface area contributed by atoms with Gasteiger partial charge in [-0.25, -0.2) is 0 Å². The van der Waals surface area contributed by atoms with Crippen LogP contribution in [0.2, 0.25) is 0 Å². The van der Waals surface area contributed by atoms with E-state index >= 15 is 0 Å². The standard InChI is InChI=1S/C11H21N/c1-4-7-9-11(6-3)12-10-8-5-2/h4,8,10-12H,1,5-7,9H2,2-3H3/b10-8-. The molecule has 0 aromatic rings. The summed E-state index contributed by atoms with van der Waals surface area (Å²) in [5, 5.41) is 3.38. The monoisotopic (exact) mass is 167 g/mol. The highest BCUT2D eigenvalue weighted by molar-refractivity contribution is 4.82. The molecule has 0 spiro atoms. The van der Waals surface area contributed by atoms with Gasteiger partial charge in [0.2, 0.25) is 0 Å². The van der Waals surface area contributed by atoms with Crippen molar-refractivity contribution < 1.29 is 0 Å². The lowest BCUT2D eigenvalue weighted by molar-refractivity contribution is 0.531. The van der Waals surface area contributed by atoms with Gasteiger partial charge in [0.1, 0.15) is 0 Å². The fraction of sp³-hybridized carbons (Fsp3) is 0.636. The first kappa shape index (κ1) is 11.3. The van der Waals surface area contributed by atoms with Crippen molar-refractivity contribution in [1.82, 2.24) is 5.32 Å². The second-order valence-corrected chi connectivity index (χ2v) is 2.95. The van der Waals surface area contributed by atoms with Gasteiger partial charge < -0.3 is 5.32 Å². The van der Waals surface area contributed by atoms with E-state index in [-0.39, 0.29) is 0 Å². The van der Waals surface area contributed by atoms with Crippen molar-refractivity contribution in [3.8, 4) is 0 Å². The number of hydrogen-bond donors (Lipinski definition) is 1. The van der Waals surface area contributed by atoms with Crippen molar-refractivity contribution in [3.05, 3.63) is 24.9 Å². The first-order chi connectivity index (χ1) is 5.85. The Morgan fingerprint density at radius 2 is 2.17 bits per heavy atom. The summed E-state index contributed by atoms with van der Waals surface area (Å²) in [6.45, 7) is 8.07. The third kappa shape index (κ3) is 6.02. The van der Waals surface area contributed by atoms with Crippen LogP contribution in [0.4, 0.5) is 0 Å². The second kappa shape index (κ2) is 8.38. The molecular weight excluding hydrogens is 146 g/mol. The molecule has 0 aromatic carbocycles. The van der Waals surface area contributed by atoms with Crippen molar-refractivity contribution >= 4 is 0 Å². The topological polar surface area (TPSA) is 12.0 Å². The number of nitrogens with one attached hydrogen (secondary N) is 1. The maximum atomic E-state index is 3.72. The van der Waals surface area contributed by atoms with Crippen LogP contribution in [0, 0.1) is 0 Å². The van der Waals surface area contributed by atoms with Crippen LogP contribution in [0.3, 0.4) is 0 Å². The Morgan fingerprint density at radius 3 is 2.67 bits per heavy atom. The molecule has 0 bridgehead atoms. The normalized spacial score (nSPS) is 13.2. The van der Waals surface area contributed by atoms with E-state index in [0.717, 1.165) is 12.8 Å². The molecule has 0 aliphatic heterocycles. The van der Waals surface area contributed by atoms with Gasteiger partial charge >= 0.3 is 0 Å². The number of allylic oxidation sites excluding steroid dienone is 2. The molecule has 0 heterocycles. The molecule has 1 atom stereocenters. The summed E-state index contributed by atoms with van der Waals surface area (Å²) in [6.07, 6.45) is 10.8. The lowest BCUT2D eigenvalue weighted by atomic mass is 10.1. The first-order valence-corrected chi connectivity index (χ1v) is 4.87. The fourth-order valence-corrected chi connectivity index (χ4v) is 1.05. The summed E-state index contributed by atoms with van der Waals surface area (Å²) in [7, 11) is 0. The lowest BCUT2D eigenvalue weighted by Crippen LogP contribution is -2.22. The summed E-state index contributed by atoms with van der Waals surface area (Å²) >= 11 is 0. The van der Waals surface area contributed by atoms with Gasteiger partial charge in [0.05, 0.1) is 0 Å². The van der Waals surface area contributed by atoms with Gasteiger partial charge in [0.15, 0.2) is 0 Å². The first-order valence-electron chi connectivity index (χ1n) is 4.87. The zero-order chi connectivity index (χ0) is 9.23. The third-order valence-electron chi connectivity index (χ3n) is 1.90. The minimum Gasteiger partial charge on any atom is -0.388 e. The quantitative estimate of drug-likeness (QED) is 0.574. The Labute approximate surface area is 76.6 Å². The van der Waals surface area contributed by atoms with E-state index in [9.17, 15) is 0 Å². The van der Waals surface area contributed by atoms with Gasteiger partial charge in [-0.1, -0.05) is 26.0 Å². The summed E-state index contributed by atoms with van der Waals surface area (Å²) < 4.78 is 0. The van der Waals surface area contributed by atoms with E-state index in [1.165, 1.54) is 12.8 Å². The van der Waals surface area contributed by atoms with Crippen molar-refractivity contribution in [3.63, 3.8) is 0 Å². The van der Waals surface area contributed by atoms with Crippen LogP contribution in [-0.4, -0.2) is 6.04 Å². The predicted octanol–water partition coefficient (Wildman–Crippen LogP) is 3.24. The molecule has 1 nitrogen and oxygen atoms in total. The largest absolute Gasteiger partial charge is 0.388 e. The Kier molecular flexibility index (Phi) is 7.87. The van der Waals surface area contributed by atoms with E-state index in [1.807, 2.05) is 6.08 Å². The molecule has 0 aromatic heterocycles. The molecule has 0 amide bonds. The molecule has 0 saturated carbocycles. The molecule has 0 radical (unpaired) electrons. The molecular formula is C11H21N. The molecule has 0 aliphatic carbocycles. The van der Waals surface area contributed by atoms with E-state index in [0.29, 0.717) is 6.04 Å². The van der Waals surface area contributed by atoms with Gasteiger partial charge in [-0.15, -0.1) is 6.58 Å². The Bertz CT molecular complexity index is 127. The summed E-state index contributed by atoms with van der Waals surface area (Å²) in [5.41, 5.74) is 0. The highest BCUT2D eigenvalue weighted by Gasteiger charge is 1.99. The fourth-order valence-electron chi connectivity index (χ4n) is 1.05. The molecule has 1 heteroatoms. The van der Waals surface area contributed by atoms with Gasteiger partial charge in [-0.05, 0) is 31.9 Å². The zero-order valence-electron chi connectivity index (χ0n) is 8.34. The summed E-state index contributed by atoms with van der Waals surface area (Å²) in [6, 6.07) is 0.616. The Hall–Kier alpha value is -0.720. The van der Waals surface area contributed by atoms with E-state index in [4.69, 9.17) is 0 Å². The van der Waals surface area contributed by atoms with Gasteiger partial charge in [0, 0.05) is 6.04 Å². The maximum Gasteiger partial charge on any atom is 0.0255 e. The molecule has 1 unspecified atom stereocenters. The van der Waals surface area contributed by atoms with Crippen molar-refractivity contribution in [2.45, 2.75) is 45.6 Å². The third-order valence-corrected chi connectivity index (χ3v) is 1.90. The average Bonchev–Trinajstić information content (AvgIpc) is 2.11. The van der Waals surface area contributed by atoms with Crippen molar-refractivity contribution in [2.75, 3.05) is 0 Å². The molecule has 0 saturated heterocycles. The minimum absolute atomic E-state index is 0.616. The zero-order valence-corrected chi connectivity index (χ0v) is 8.34. The van der Waals surface area contributed by atoms with Gasteiger partial charge in [-0.2, -0.15) is 0 Å². The average molecular weight is 167 g/mol. The highest BCUT2D eigenvalue weighted by Crippen LogP contribution is 2.01. The van der Waals surface area contributed by atoms with Gasteiger partial charge in [0.25, 0.3) is 0 Å². The SMILES string of the molecule is C=CCCC(CC)N/C=C\CC. The number of hydrogen-bond acceptors (Lipinski definition) is 1. The minimum atomic E-state index is 0.616. The molecule has 70 valence electrons. The van der Waals surface area contributed by atoms with Crippen LogP contribution in [-0.2, 0) is 0 Å². The molecule has 0 aliphatic rings. The van der Waals surface area contributed by atoms with Crippen LogP contribution in [0.25, 0.3) is 0 Å². The Balaban J connectivity index is 3.51. The highest BCUT2D eigenvalue weighted by atomic mass is 14.9. The van der Waals surface area contributed by atoms with Crippen LogP contribution in [0.5, 0.6) is 0 Å². The second-order valence-electron chi connectivity index (χ2n) is 2.95. The van der Waals surface area contributed by atoms with E-state index in [1.54, 1.807) is 0 Å². The summed E-state index contributed by atoms with van der Waals surface area (Å²) in [4.78, 5) is 0. The van der Waals surface area contributed by atoms with Gasteiger partial charge in [-0.3, -0.25) is 0 Å². The van der Waals surface area contributed by atoms with E-state index < -0.39 is 0 Å². The lowest BCUT2D eigenvalue weighted by Gasteiger charge is -2.13. The van der Waals surface area contributed by atoms with Crippen LogP contribution in [0.15, 0.2) is 24.9 Å². The van der Waals surface area contributed by atoms with Crippen molar-refractivity contribution in [1.29, 1.82) is 0 Å². The van der Waals surface area contributed by atoms with Crippen LogP contribution < -0.4 is 5.32 Å². The molecule has 0 fully saturated rings. The van der Waals surface area contributed by atoms with Crippen LogP contribution in [0.1, 0.15) is 39.5 Å². The summed E-state index contributed by atoms with van der Waals surface area (Å²) in [5.74, 6) is 0.